The molecular weight excluding hydrogens is 386 g/mol. The number of rotatable bonds is 6. The van der Waals surface area contributed by atoms with E-state index in [4.69, 9.17) is 30.5 Å². The van der Waals surface area contributed by atoms with Crippen LogP contribution in [0, 0.1) is 0 Å². The maximum atomic E-state index is 12.5. The van der Waals surface area contributed by atoms with Crippen LogP contribution >= 0.6 is 11.6 Å². The first kappa shape index (κ1) is 19.8. The zero-order valence-corrected chi connectivity index (χ0v) is 16.2. The van der Waals surface area contributed by atoms with Gasteiger partial charge in [-0.15, -0.1) is 0 Å². The van der Waals surface area contributed by atoms with E-state index < -0.39 is 18.0 Å². The first-order valence-electron chi connectivity index (χ1n) is 8.69. The summed E-state index contributed by atoms with van der Waals surface area (Å²) in [6.45, 7) is 2.50. The highest BCUT2D eigenvalue weighted by Gasteiger charge is 2.24. The molecule has 8 heteroatoms. The lowest BCUT2D eigenvalue weighted by molar-refractivity contribution is -0.129. The average molecular weight is 406 g/mol. The van der Waals surface area contributed by atoms with E-state index in [2.05, 4.69) is 5.32 Å². The van der Waals surface area contributed by atoms with Crippen molar-refractivity contribution in [1.82, 2.24) is 5.32 Å². The third-order valence-corrected chi connectivity index (χ3v) is 4.50. The van der Waals surface area contributed by atoms with Gasteiger partial charge in [0, 0.05) is 11.6 Å². The number of esters is 1. The minimum atomic E-state index is -0.991. The van der Waals surface area contributed by atoms with Crippen molar-refractivity contribution in [2.75, 3.05) is 20.3 Å². The molecule has 3 rings (SSSR count). The van der Waals surface area contributed by atoms with E-state index in [9.17, 15) is 9.59 Å². The normalized spacial score (nSPS) is 13.4. The molecule has 2 aromatic carbocycles. The molecule has 1 amide bonds. The molecule has 0 aromatic heterocycles. The molecule has 1 N–H and O–H groups in total. The maximum absolute atomic E-state index is 12.5. The molecule has 1 atom stereocenters. The maximum Gasteiger partial charge on any atom is 0.339 e. The predicted octanol–water partition coefficient (Wildman–Crippen LogP) is 2.98. The van der Waals surface area contributed by atoms with Gasteiger partial charge in [-0.05, 0) is 30.7 Å². The van der Waals surface area contributed by atoms with E-state index >= 15 is 0 Å². The van der Waals surface area contributed by atoms with Crippen LogP contribution in [0.4, 0.5) is 0 Å². The Labute approximate surface area is 167 Å². The van der Waals surface area contributed by atoms with Crippen LogP contribution in [0.2, 0.25) is 5.02 Å². The summed E-state index contributed by atoms with van der Waals surface area (Å²) in [5.74, 6) is 0.0950. The van der Waals surface area contributed by atoms with Crippen LogP contribution in [0.25, 0.3) is 0 Å². The molecule has 1 aliphatic rings. The minimum Gasteiger partial charge on any atom is -0.493 e. The van der Waals surface area contributed by atoms with Gasteiger partial charge in [0.25, 0.3) is 5.91 Å². The van der Waals surface area contributed by atoms with Gasteiger partial charge in [-0.25, -0.2) is 4.79 Å². The van der Waals surface area contributed by atoms with Gasteiger partial charge < -0.3 is 24.3 Å². The number of hydrogen-bond donors (Lipinski definition) is 1. The number of carbonyl (C=O) groups is 2. The van der Waals surface area contributed by atoms with Gasteiger partial charge in [-0.2, -0.15) is 0 Å². The summed E-state index contributed by atoms with van der Waals surface area (Å²) in [5.41, 5.74) is 0.972. The summed E-state index contributed by atoms with van der Waals surface area (Å²) >= 11 is 6.07. The number of methoxy groups -OCH3 is 1. The molecular formula is C20H20ClNO6. The lowest BCUT2D eigenvalue weighted by atomic mass is 10.1. The van der Waals surface area contributed by atoms with Crippen molar-refractivity contribution in [3.63, 3.8) is 0 Å². The fourth-order valence-electron chi connectivity index (χ4n) is 2.64. The third-order valence-electron chi connectivity index (χ3n) is 4.13. The lowest BCUT2D eigenvalue weighted by Crippen LogP contribution is -2.35. The zero-order chi connectivity index (χ0) is 20.1. The zero-order valence-electron chi connectivity index (χ0n) is 15.5. The second kappa shape index (κ2) is 8.84. The van der Waals surface area contributed by atoms with E-state index in [1.54, 1.807) is 18.2 Å². The van der Waals surface area contributed by atoms with E-state index in [0.29, 0.717) is 35.5 Å². The standard InChI is InChI=1S/C20H20ClNO6/c1-12(19(23)22-11-13-5-3-4-6-15(13)21)28-20(24)14-9-16(25-2)18-17(10-14)26-7-8-27-18/h3-6,9-10,12H,7-8,11H2,1-2H3,(H,22,23)/t12-/m0/s1. The van der Waals surface area contributed by atoms with Gasteiger partial charge in [-0.1, -0.05) is 29.8 Å². The number of carbonyl (C=O) groups excluding carboxylic acids is 2. The van der Waals surface area contributed by atoms with Crippen LogP contribution in [-0.4, -0.2) is 38.3 Å². The lowest BCUT2D eigenvalue weighted by Gasteiger charge is -2.21. The molecule has 0 unspecified atom stereocenters. The quantitative estimate of drug-likeness (QED) is 0.744. The molecule has 1 aliphatic heterocycles. The Bertz CT molecular complexity index is 868. The van der Waals surface area contributed by atoms with Crippen LogP contribution in [0.15, 0.2) is 36.4 Å². The number of nitrogens with one attached hydrogen (secondary N) is 1. The Balaban J connectivity index is 1.63. The predicted molar refractivity (Wildman–Crippen MR) is 102 cm³/mol. The summed E-state index contributed by atoms with van der Waals surface area (Å²) in [6, 6.07) is 10.2. The Morgan fingerprint density at radius 3 is 2.71 bits per heavy atom. The van der Waals surface area contributed by atoms with E-state index in [1.165, 1.54) is 26.2 Å². The monoisotopic (exact) mass is 405 g/mol. The van der Waals surface area contributed by atoms with Crippen LogP contribution < -0.4 is 19.5 Å². The van der Waals surface area contributed by atoms with Crippen LogP contribution in [0.3, 0.4) is 0 Å². The average Bonchev–Trinajstić information content (AvgIpc) is 2.71. The third kappa shape index (κ3) is 4.48. The van der Waals surface area contributed by atoms with Crippen molar-refractivity contribution in [2.24, 2.45) is 0 Å². The molecule has 148 valence electrons. The Morgan fingerprint density at radius 1 is 1.21 bits per heavy atom. The second-order valence-electron chi connectivity index (χ2n) is 6.06. The van der Waals surface area contributed by atoms with Gasteiger partial charge in [0.1, 0.15) is 13.2 Å². The van der Waals surface area contributed by atoms with Gasteiger partial charge in [0.2, 0.25) is 5.75 Å². The second-order valence-corrected chi connectivity index (χ2v) is 6.47. The summed E-state index contributed by atoms with van der Waals surface area (Å²) in [5, 5.41) is 3.25. The Morgan fingerprint density at radius 2 is 1.96 bits per heavy atom. The van der Waals surface area contributed by atoms with Crippen LogP contribution in [-0.2, 0) is 16.1 Å². The van der Waals surface area contributed by atoms with Crippen molar-refractivity contribution in [2.45, 2.75) is 19.6 Å². The molecule has 0 aliphatic carbocycles. The molecule has 2 aromatic rings. The van der Waals surface area contributed by atoms with E-state index in [0.717, 1.165) is 5.56 Å². The van der Waals surface area contributed by atoms with Crippen molar-refractivity contribution in [1.29, 1.82) is 0 Å². The molecule has 0 bridgehead atoms. The van der Waals surface area contributed by atoms with Gasteiger partial charge >= 0.3 is 5.97 Å². The van der Waals surface area contributed by atoms with Crippen molar-refractivity contribution in [3.8, 4) is 17.2 Å². The number of hydrogen-bond acceptors (Lipinski definition) is 6. The molecule has 0 radical (unpaired) electrons. The molecule has 7 nitrogen and oxygen atoms in total. The van der Waals surface area contributed by atoms with Crippen molar-refractivity contribution < 1.29 is 28.5 Å². The number of halogens is 1. The summed E-state index contributed by atoms with van der Waals surface area (Å²) in [7, 11) is 1.47. The largest absolute Gasteiger partial charge is 0.493 e. The highest BCUT2D eigenvalue weighted by molar-refractivity contribution is 6.31. The Hall–Kier alpha value is -2.93. The molecule has 1 heterocycles. The van der Waals surface area contributed by atoms with Gasteiger partial charge in [0.15, 0.2) is 17.6 Å². The number of benzene rings is 2. The van der Waals surface area contributed by atoms with Gasteiger partial charge in [0.05, 0.1) is 12.7 Å². The molecule has 28 heavy (non-hydrogen) atoms. The first-order chi connectivity index (χ1) is 13.5. The molecule has 0 saturated heterocycles. The summed E-state index contributed by atoms with van der Waals surface area (Å²) < 4.78 is 21.5. The number of amides is 1. The highest BCUT2D eigenvalue weighted by Crippen LogP contribution is 2.40. The van der Waals surface area contributed by atoms with Gasteiger partial charge in [-0.3, -0.25) is 4.79 Å². The minimum absolute atomic E-state index is 0.201. The fourth-order valence-corrected chi connectivity index (χ4v) is 2.84. The summed E-state index contributed by atoms with van der Waals surface area (Å²) in [6.07, 6.45) is -0.991. The molecule has 0 saturated carbocycles. The number of fused-ring (bicyclic) bond motifs is 1. The highest BCUT2D eigenvalue weighted by atomic mass is 35.5. The van der Waals surface area contributed by atoms with E-state index in [1.807, 2.05) is 6.07 Å². The first-order valence-corrected chi connectivity index (χ1v) is 9.07. The topological polar surface area (TPSA) is 83.1 Å². The Kier molecular flexibility index (Phi) is 6.26. The van der Waals surface area contributed by atoms with Crippen molar-refractivity contribution >= 4 is 23.5 Å². The summed E-state index contributed by atoms with van der Waals surface area (Å²) in [4.78, 5) is 24.7. The molecule has 0 fully saturated rings. The smallest absolute Gasteiger partial charge is 0.339 e. The van der Waals surface area contributed by atoms with E-state index in [-0.39, 0.29) is 12.1 Å². The van der Waals surface area contributed by atoms with Crippen LogP contribution in [0.1, 0.15) is 22.8 Å². The molecule has 0 spiro atoms. The number of ether oxygens (including phenoxy) is 4. The SMILES string of the molecule is COc1cc(C(=O)O[C@@H](C)C(=O)NCc2ccccc2Cl)cc2c1OCCO2. The van der Waals surface area contributed by atoms with Crippen molar-refractivity contribution in [3.05, 3.63) is 52.5 Å². The fraction of sp³-hybridized carbons (Fsp3) is 0.300. The van der Waals surface area contributed by atoms with Crippen LogP contribution in [0.5, 0.6) is 17.2 Å².